The Morgan fingerprint density at radius 3 is 2.85 bits per heavy atom. The number of carbonyl (C=O) groups is 1. The van der Waals surface area contributed by atoms with Crippen LogP contribution in [0.4, 0.5) is 19.5 Å². The summed E-state index contributed by atoms with van der Waals surface area (Å²) in [5.41, 5.74) is 0.833. The molecule has 0 saturated heterocycles. The highest BCUT2D eigenvalue weighted by Gasteiger charge is 2.20. The Morgan fingerprint density at radius 1 is 1.45 bits per heavy atom. The molecule has 0 spiro atoms. The zero-order chi connectivity index (χ0) is 14.7. The summed E-state index contributed by atoms with van der Waals surface area (Å²) in [5.74, 6) is -1.94. The van der Waals surface area contributed by atoms with Gasteiger partial charge in [-0.3, -0.25) is 0 Å². The Balaban J connectivity index is 2.32. The van der Waals surface area contributed by atoms with E-state index in [1.165, 1.54) is 6.07 Å². The normalized spacial score (nSPS) is 10.4. The van der Waals surface area contributed by atoms with Gasteiger partial charge in [0.15, 0.2) is 0 Å². The van der Waals surface area contributed by atoms with Crippen LogP contribution in [0.2, 0.25) is 0 Å². The van der Waals surface area contributed by atoms with Crippen LogP contribution in [0.25, 0.3) is 0 Å². The van der Waals surface area contributed by atoms with Crippen molar-refractivity contribution < 1.29 is 18.3 Å². The SMILES string of the molecule is CCOC(=O)c1c(C)nsc1Nc1ccc(F)cc1F. The molecule has 2 rings (SSSR count). The molecule has 0 aliphatic carbocycles. The standard InChI is InChI=1S/C13H12F2N2O2S/c1-3-19-13(18)11-7(2)17-20-12(11)16-10-5-4-8(14)6-9(10)15/h4-6,16H,3H2,1-2H3. The second-order valence-electron chi connectivity index (χ2n) is 3.94. The number of carbonyl (C=O) groups excluding carboxylic acids is 1. The Bertz CT molecular complexity index is 643. The number of rotatable bonds is 4. The Kier molecular flexibility index (Phi) is 4.29. The summed E-state index contributed by atoms with van der Waals surface area (Å²) in [6, 6.07) is 3.15. The van der Waals surface area contributed by atoms with Gasteiger partial charge in [-0.05, 0) is 37.5 Å². The maximum atomic E-state index is 13.6. The minimum Gasteiger partial charge on any atom is -0.462 e. The van der Waals surface area contributed by atoms with Gasteiger partial charge in [0.1, 0.15) is 22.2 Å². The third-order valence-corrected chi connectivity index (χ3v) is 3.38. The first-order valence-electron chi connectivity index (χ1n) is 5.88. The smallest absolute Gasteiger partial charge is 0.343 e. The van der Waals surface area contributed by atoms with E-state index in [9.17, 15) is 13.6 Å². The molecule has 2 aromatic rings. The van der Waals surface area contributed by atoms with Crippen molar-refractivity contribution in [1.29, 1.82) is 0 Å². The van der Waals surface area contributed by atoms with Crippen LogP contribution in [0.5, 0.6) is 0 Å². The zero-order valence-corrected chi connectivity index (χ0v) is 11.7. The molecule has 0 bridgehead atoms. The molecule has 1 aromatic heterocycles. The van der Waals surface area contributed by atoms with E-state index in [0.717, 1.165) is 23.7 Å². The lowest BCUT2D eigenvalue weighted by Crippen LogP contribution is -2.08. The Hall–Kier alpha value is -2.02. The van der Waals surface area contributed by atoms with E-state index in [-0.39, 0.29) is 17.9 Å². The van der Waals surface area contributed by atoms with Crippen LogP contribution in [-0.4, -0.2) is 16.9 Å². The van der Waals surface area contributed by atoms with Gasteiger partial charge in [-0.1, -0.05) is 0 Å². The summed E-state index contributed by atoms with van der Waals surface area (Å²) in [6.45, 7) is 3.59. The van der Waals surface area contributed by atoms with Crippen molar-refractivity contribution >= 4 is 28.2 Å². The minimum atomic E-state index is -0.745. The summed E-state index contributed by atoms with van der Waals surface area (Å²) >= 11 is 1.02. The highest BCUT2D eigenvalue weighted by molar-refractivity contribution is 7.10. The average Bonchev–Trinajstić information content (AvgIpc) is 2.74. The monoisotopic (exact) mass is 298 g/mol. The van der Waals surface area contributed by atoms with Gasteiger partial charge in [0, 0.05) is 6.07 Å². The van der Waals surface area contributed by atoms with Gasteiger partial charge in [0.25, 0.3) is 0 Å². The van der Waals surface area contributed by atoms with Crippen molar-refractivity contribution in [2.45, 2.75) is 13.8 Å². The van der Waals surface area contributed by atoms with Crippen LogP contribution in [0.1, 0.15) is 23.0 Å². The number of hydrogen-bond donors (Lipinski definition) is 1. The Morgan fingerprint density at radius 2 is 2.20 bits per heavy atom. The third-order valence-electron chi connectivity index (χ3n) is 2.52. The molecule has 0 aliphatic rings. The number of aryl methyl sites for hydroxylation is 1. The molecule has 0 fully saturated rings. The van der Waals surface area contributed by atoms with Gasteiger partial charge in [-0.2, -0.15) is 4.37 Å². The van der Waals surface area contributed by atoms with Crippen LogP contribution in [0.3, 0.4) is 0 Å². The molecule has 1 heterocycles. The molecule has 0 aliphatic heterocycles. The van der Waals surface area contributed by atoms with Crippen molar-refractivity contribution in [3.63, 3.8) is 0 Å². The van der Waals surface area contributed by atoms with Gasteiger partial charge in [0.05, 0.1) is 18.0 Å². The molecule has 20 heavy (non-hydrogen) atoms. The molecule has 106 valence electrons. The first kappa shape index (κ1) is 14.4. The minimum absolute atomic E-state index is 0.0700. The number of esters is 1. The van der Waals surface area contributed by atoms with Crippen LogP contribution >= 0.6 is 11.5 Å². The number of halogens is 2. The molecule has 4 nitrogen and oxygen atoms in total. The highest BCUT2D eigenvalue weighted by Crippen LogP contribution is 2.29. The zero-order valence-electron chi connectivity index (χ0n) is 10.9. The predicted molar refractivity (Wildman–Crippen MR) is 72.4 cm³/mol. The maximum absolute atomic E-state index is 13.6. The lowest BCUT2D eigenvalue weighted by Gasteiger charge is -2.07. The van der Waals surface area contributed by atoms with Crippen LogP contribution in [-0.2, 0) is 4.74 Å². The number of aromatic nitrogens is 1. The number of hydrogen-bond acceptors (Lipinski definition) is 5. The summed E-state index contributed by atoms with van der Waals surface area (Å²) in [5, 5.41) is 3.11. The number of nitrogens with one attached hydrogen (secondary N) is 1. The summed E-state index contributed by atoms with van der Waals surface area (Å²) in [7, 11) is 0. The summed E-state index contributed by atoms with van der Waals surface area (Å²) in [4.78, 5) is 11.8. The highest BCUT2D eigenvalue weighted by atomic mass is 32.1. The van der Waals surface area contributed by atoms with E-state index in [1.807, 2.05) is 0 Å². The molecule has 0 unspecified atom stereocenters. The molecule has 1 N–H and O–H groups in total. The number of ether oxygens (including phenoxy) is 1. The maximum Gasteiger partial charge on any atom is 0.343 e. The fourth-order valence-corrected chi connectivity index (χ4v) is 2.41. The Labute approximate surface area is 118 Å². The molecular formula is C13H12F2N2O2S. The van der Waals surface area contributed by atoms with E-state index >= 15 is 0 Å². The van der Waals surface area contributed by atoms with E-state index in [2.05, 4.69) is 9.69 Å². The first-order valence-corrected chi connectivity index (χ1v) is 6.65. The van der Waals surface area contributed by atoms with Gasteiger partial charge in [-0.25, -0.2) is 13.6 Å². The van der Waals surface area contributed by atoms with E-state index < -0.39 is 17.6 Å². The average molecular weight is 298 g/mol. The number of anilines is 2. The van der Waals surface area contributed by atoms with Crippen molar-refractivity contribution in [2.75, 3.05) is 11.9 Å². The second-order valence-corrected chi connectivity index (χ2v) is 4.72. The lowest BCUT2D eigenvalue weighted by molar-refractivity contribution is 0.0527. The van der Waals surface area contributed by atoms with Crippen LogP contribution in [0.15, 0.2) is 18.2 Å². The quantitative estimate of drug-likeness (QED) is 0.875. The van der Waals surface area contributed by atoms with Gasteiger partial charge >= 0.3 is 5.97 Å². The molecule has 0 radical (unpaired) electrons. The molecular weight excluding hydrogens is 286 g/mol. The third kappa shape index (κ3) is 2.93. The second kappa shape index (κ2) is 5.96. The van der Waals surface area contributed by atoms with Crippen molar-refractivity contribution in [2.24, 2.45) is 0 Å². The largest absolute Gasteiger partial charge is 0.462 e. The fourth-order valence-electron chi connectivity index (χ4n) is 1.61. The van der Waals surface area contributed by atoms with E-state index in [1.54, 1.807) is 13.8 Å². The number of benzene rings is 1. The number of nitrogens with zero attached hydrogens (tertiary/aromatic N) is 1. The van der Waals surface area contributed by atoms with Crippen molar-refractivity contribution in [3.05, 3.63) is 41.1 Å². The fraction of sp³-hybridized carbons (Fsp3) is 0.231. The predicted octanol–water partition coefficient (Wildman–Crippen LogP) is 3.65. The van der Waals surface area contributed by atoms with Crippen LogP contribution in [0, 0.1) is 18.6 Å². The van der Waals surface area contributed by atoms with Gasteiger partial charge < -0.3 is 10.1 Å². The molecule has 7 heteroatoms. The van der Waals surface area contributed by atoms with Crippen molar-refractivity contribution in [3.8, 4) is 0 Å². The molecule has 0 atom stereocenters. The lowest BCUT2D eigenvalue weighted by atomic mass is 10.2. The molecule has 1 aromatic carbocycles. The topological polar surface area (TPSA) is 51.2 Å². The summed E-state index contributed by atoms with van der Waals surface area (Å²) < 4.78 is 35.4. The van der Waals surface area contributed by atoms with Crippen molar-refractivity contribution in [1.82, 2.24) is 4.37 Å². The first-order chi connectivity index (χ1) is 9.52. The van der Waals surface area contributed by atoms with E-state index in [0.29, 0.717) is 10.7 Å². The molecule has 0 amide bonds. The van der Waals surface area contributed by atoms with Crippen LogP contribution < -0.4 is 5.32 Å². The summed E-state index contributed by atoms with van der Waals surface area (Å²) in [6.07, 6.45) is 0. The van der Waals surface area contributed by atoms with E-state index in [4.69, 9.17) is 4.74 Å². The van der Waals surface area contributed by atoms with Gasteiger partial charge in [-0.15, -0.1) is 0 Å². The molecule has 0 saturated carbocycles. The van der Waals surface area contributed by atoms with Gasteiger partial charge in [0.2, 0.25) is 0 Å².